The van der Waals surface area contributed by atoms with Crippen LogP contribution >= 0.6 is 11.3 Å². The number of ether oxygens (including phenoxy) is 1. The standard InChI is InChI=1S/C15H9F3N4O2S/c16-15(17,18)24-10-3-1-9(2-4-10)21-13(23)12-8-25-14(22-12)11-7-19-5-6-20-11/h1-8H,(H,21,23). The van der Waals surface area contributed by atoms with E-state index in [1.165, 1.54) is 42.1 Å². The summed E-state index contributed by atoms with van der Waals surface area (Å²) >= 11 is 1.23. The van der Waals surface area contributed by atoms with Crippen LogP contribution in [0.3, 0.4) is 0 Å². The van der Waals surface area contributed by atoms with E-state index in [1.54, 1.807) is 5.38 Å². The molecule has 1 amide bonds. The summed E-state index contributed by atoms with van der Waals surface area (Å²) in [4.78, 5) is 24.4. The molecule has 0 atom stereocenters. The lowest BCUT2D eigenvalue weighted by Crippen LogP contribution is -2.17. The number of hydrogen-bond donors (Lipinski definition) is 1. The van der Waals surface area contributed by atoms with Gasteiger partial charge >= 0.3 is 6.36 Å². The van der Waals surface area contributed by atoms with Gasteiger partial charge in [0.15, 0.2) is 0 Å². The molecular formula is C15H9F3N4O2S. The first kappa shape index (κ1) is 16.8. The minimum absolute atomic E-state index is 0.168. The van der Waals surface area contributed by atoms with Gasteiger partial charge in [-0.3, -0.25) is 14.8 Å². The maximum atomic E-state index is 12.2. The van der Waals surface area contributed by atoms with Crippen molar-refractivity contribution in [1.29, 1.82) is 0 Å². The zero-order chi connectivity index (χ0) is 17.9. The Morgan fingerprint density at radius 1 is 1.16 bits per heavy atom. The molecule has 0 bridgehead atoms. The van der Waals surface area contributed by atoms with Gasteiger partial charge in [-0.15, -0.1) is 24.5 Å². The molecular weight excluding hydrogens is 357 g/mol. The van der Waals surface area contributed by atoms with E-state index in [1.807, 2.05) is 0 Å². The molecule has 10 heteroatoms. The van der Waals surface area contributed by atoms with Gasteiger partial charge < -0.3 is 10.1 Å². The monoisotopic (exact) mass is 366 g/mol. The van der Waals surface area contributed by atoms with Gasteiger partial charge in [0.25, 0.3) is 5.91 Å². The highest BCUT2D eigenvalue weighted by molar-refractivity contribution is 7.13. The third-order valence-electron chi connectivity index (χ3n) is 2.86. The van der Waals surface area contributed by atoms with Crippen molar-refractivity contribution in [3.63, 3.8) is 0 Å². The largest absolute Gasteiger partial charge is 0.573 e. The second-order valence-electron chi connectivity index (χ2n) is 4.65. The van der Waals surface area contributed by atoms with Crippen LogP contribution in [-0.2, 0) is 0 Å². The van der Waals surface area contributed by atoms with E-state index in [2.05, 4.69) is 25.0 Å². The van der Waals surface area contributed by atoms with Crippen molar-refractivity contribution in [2.75, 3.05) is 5.32 Å². The van der Waals surface area contributed by atoms with Crippen LogP contribution in [0.25, 0.3) is 10.7 Å². The molecule has 2 heterocycles. The molecule has 25 heavy (non-hydrogen) atoms. The number of rotatable bonds is 4. The number of benzene rings is 1. The van der Waals surface area contributed by atoms with Gasteiger partial charge in [-0.25, -0.2) is 4.98 Å². The zero-order valence-electron chi connectivity index (χ0n) is 12.3. The second kappa shape index (κ2) is 6.85. The summed E-state index contributed by atoms with van der Waals surface area (Å²) in [7, 11) is 0. The Hall–Kier alpha value is -3.01. The summed E-state index contributed by atoms with van der Waals surface area (Å²) in [5.41, 5.74) is 1.02. The number of amides is 1. The van der Waals surface area contributed by atoms with Gasteiger partial charge in [0.1, 0.15) is 22.1 Å². The maximum Gasteiger partial charge on any atom is 0.573 e. The van der Waals surface area contributed by atoms with Gasteiger partial charge in [0.2, 0.25) is 0 Å². The molecule has 0 saturated carbocycles. The third-order valence-corrected chi connectivity index (χ3v) is 3.73. The van der Waals surface area contributed by atoms with E-state index in [0.29, 0.717) is 16.4 Å². The molecule has 2 aromatic heterocycles. The van der Waals surface area contributed by atoms with Crippen molar-refractivity contribution in [2.45, 2.75) is 6.36 Å². The van der Waals surface area contributed by atoms with E-state index in [4.69, 9.17) is 0 Å². The molecule has 6 nitrogen and oxygen atoms in total. The van der Waals surface area contributed by atoms with Crippen molar-refractivity contribution >= 4 is 22.9 Å². The fourth-order valence-corrected chi connectivity index (χ4v) is 2.60. The molecule has 0 radical (unpaired) electrons. The van der Waals surface area contributed by atoms with Crippen LogP contribution in [-0.4, -0.2) is 27.2 Å². The summed E-state index contributed by atoms with van der Waals surface area (Å²) in [6.07, 6.45) is -0.195. The fraction of sp³-hybridized carbons (Fsp3) is 0.0667. The number of aromatic nitrogens is 3. The molecule has 1 N–H and O–H groups in total. The number of thiazole rings is 1. The average Bonchev–Trinajstić information content (AvgIpc) is 3.06. The third kappa shape index (κ3) is 4.51. The second-order valence-corrected chi connectivity index (χ2v) is 5.51. The number of nitrogens with zero attached hydrogens (tertiary/aromatic N) is 3. The van der Waals surface area contributed by atoms with Crippen LogP contribution in [0.2, 0.25) is 0 Å². The molecule has 0 spiro atoms. The first-order valence-corrected chi connectivity index (χ1v) is 7.68. The summed E-state index contributed by atoms with van der Waals surface area (Å²) in [6.45, 7) is 0. The lowest BCUT2D eigenvalue weighted by molar-refractivity contribution is -0.274. The Morgan fingerprint density at radius 2 is 1.92 bits per heavy atom. The molecule has 1 aromatic carbocycles. The highest BCUT2D eigenvalue weighted by atomic mass is 32.1. The minimum atomic E-state index is -4.76. The highest BCUT2D eigenvalue weighted by Crippen LogP contribution is 2.25. The van der Waals surface area contributed by atoms with E-state index >= 15 is 0 Å². The molecule has 0 saturated heterocycles. The topological polar surface area (TPSA) is 77.0 Å². The number of hydrogen-bond acceptors (Lipinski definition) is 6. The van der Waals surface area contributed by atoms with Crippen LogP contribution in [0, 0.1) is 0 Å². The van der Waals surface area contributed by atoms with Crippen molar-refractivity contribution in [3.8, 4) is 16.5 Å². The predicted molar refractivity (Wildman–Crippen MR) is 84.2 cm³/mol. The Kier molecular flexibility index (Phi) is 4.61. The number of carbonyl (C=O) groups is 1. The number of nitrogens with one attached hydrogen (secondary N) is 1. The van der Waals surface area contributed by atoms with Crippen LogP contribution in [0.4, 0.5) is 18.9 Å². The summed E-state index contributed by atoms with van der Waals surface area (Å²) in [5.74, 6) is -0.861. The highest BCUT2D eigenvalue weighted by Gasteiger charge is 2.30. The number of halogens is 3. The normalized spacial score (nSPS) is 11.2. The first-order valence-electron chi connectivity index (χ1n) is 6.80. The van der Waals surface area contributed by atoms with Crippen molar-refractivity contribution < 1.29 is 22.7 Å². The molecule has 0 aliphatic carbocycles. The quantitative estimate of drug-likeness (QED) is 0.761. The lowest BCUT2D eigenvalue weighted by Gasteiger charge is -2.09. The molecule has 0 unspecified atom stereocenters. The van der Waals surface area contributed by atoms with Crippen molar-refractivity contribution in [1.82, 2.24) is 15.0 Å². The molecule has 3 rings (SSSR count). The van der Waals surface area contributed by atoms with Gasteiger partial charge in [0, 0.05) is 23.5 Å². The Morgan fingerprint density at radius 3 is 2.56 bits per heavy atom. The van der Waals surface area contributed by atoms with E-state index in [-0.39, 0.29) is 11.4 Å². The van der Waals surface area contributed by atoms with Crippen LogP contribution in [0.5, 0.6) is 5.75 Å². The molecule has 3 aromatic rings. The summed E-state index contributed by atoms with van der Waals surface area (Å²) < 4.78 is 40.1. The molecule has 128 valence electrons. The Bertz CT molecular complexity index is 866. The average molecular weight is 366 g/mol. The van der Waals surface area contributed by atoms with E-state index in [9.17, 15) is 18.0 Å². The van der Waals surface area contributed by atoms with E-state index in [0.717, 1.165) is 12.1 Å². The van der Waals surface area contributed by atoms with Crippen molar-refractivity contribution in [2.24, 2.45) is 0 Å². The van der Waals surface area contributed by atoms with Crippen molar-refractivity contribution in [3.05, 3.63) is 53.9 Å². The minimum Gasteiger partial charge on any atom is -0.406 e. The zero-order valence-corrected chi connectivity index (χ0v) is 13.1. The summed E-state index contributed by atoms with van der Waals surface area (Å²) in [5, 5.41) is 4.64. The van der Waals surface area contributed by atoms with Gasteiger partial charge in [-0.2, -0.15) is 0 Å². The van der Waals surface area contributed by atoms with Crippen LogP contribution < -0.4 is 10.1 Å². The molecule has 0 aliphatic rings. The Labute approximate surface area is 143 Å². The first-order chi connectivity index (χ1) is 11.9. The number of alkyl halides is 3. The van der Waals surface area contributed by atoms with Gasteiger partial charge in [0.05, 0.1) is 6.20 Å². The number of anilines is 1. The van der Waals surface area contributed by atoms with Crippen LogP contribution in [0.1, 0.15) is 10.5 Å². The van der Waals surface area contributed by atoms with Gasteiger partial charge in [-0.1, -0.05) is 0 Å². The fourth-order valence-electron chi connectivity index (χ4n) is 1.84. The molecule has 0 aliphatic heterocycles. The lowest BCUT2D eigenvalue weighted by atomic mass is 10.3. The smallest absolute Gasteiger partial charge is 0.406 e. The summed E-state index contributed by atoms with van der Waals surface area (Å²) in [6, 6.07) is 4.81. The van der Waals surface area contributed by atoms with Gasteiger partial charge in [-0.05, 0) is 24.3 Å². The molecule has 0 fully saturated rings. The number of carbonyl (C=O) groups excluding carboxylic acids is 1. The SMILES string of the molecule is O=C(Nc1ccc(OC(F)(F)F)cc1)c1csc(-c2cnccn2)n1. The predicted octanol–water partition coefficient (Wildman–Crippen LogP) is 3.75. The Balaban J connectivity index is 1.67. The van der Waals surface area contributed by atoms with E-state index < -0.39 is 12.3 Å². The maximum absolute atomic E-state index is 12.2. The van der Waals surface area contributed by atoms with Crippen LogP contribution in [0.15, 0.2) is 48.2 Å².